The van der Waals surface area contributed by atoms with E-state index in [2.05, 4.69) is 34.1 Å². The minimum absolute atomic E-state index is 0.0617. The number of sulfonamides is 1. The molecule has 0 aliphatic rings. The largest absolute Gasteiger partial charge is 0.322 e. The Balaban J connectivity index is 1.84. The van der Waals surface area contributed by atoms with E-state index in [1.165, 1.54) is 6.20 Å². The minimum atomic E-state index is -3.99. The Hall–Kier alpha value is -3.13. The number of H-pyrrole nitrogens is 1. The standard InChI is InChI=1S/C19H20N4O3S/c1-13(2)14-7-6-10-16(11-14)21-18(24)17-12-20-22-19(17)27(25,26)23-15-8-4-3-5-9-15/h3-13,23H,1-2H3,(H,20,22)(H,21,24). The van der Waals surface area contributed by atoms with Gasteiger partial charge in [0.25, 0.3) is 15.9 Å². The van der Waals surface area contributed by atoms with E-state index in [9.17, 15) is 13.2 Å². The quantitative estimate of drug-likeness (QED) is 0.604. The number of carbonyl (C=O) groups is 1. The molecule has 0 spiro atoms. The van der Waals surface area contributed by atoms with Gasteiger partial charge in [0.05, 0.1) is 11.8 Å². The van der Waals surface area contributed by atoms with Gasteiger partial charge in [-0.2, -0.15) is 13.5 Å². The zero-order valence-corrected chi connectivity index (χ0v) is 15.7. The van der Waals surface area contributed by atoms with E-state index in [1.807, 2.05) is 18.2 Å². The summed E-state index contributed by atoms with van der Waals surface area (Å²) in [6, 6.07) is 15.8. The van der Waals surface area contributed by atoms with Crippen molar-refractivity contribution in [3.63, 3.8) is 0 Å². The van der Waals surface area contributed by atoms with Gasteiger partial charge in [0, 0.05) is 11.4 Å². The molecule has 1 amide bonds. The van der Waals surface area contributed by atoms with Crippen molar-refractivity contribution in [1.82, 2.24) is 10.2 Å². The van der Waals surface area contributed by atoms with E-state index in [1.54, 1.807) is 36.4 Å². The Morgan fingerprint density at radius 3 is 2.44 bits per heavy atom. The van der Waals surface area contributed by atoms with Gasteiger partial charge < -0.3 is 5.32 Å². The van der Waals surface area contributed by atoms with Crippen LogP contribution in [0.25, 0.3) is 0 Å². The summed E-state index contributed by atoms with van der Waals surface area (Å²) >= 11 is 0. The number of amides is 1. The number of anilines is 2. The number of aromatic amines is 1. The molecule has 0 bridgehead atoms. The first-order valence-electron chi connectivity index (χ1n) is 8.39. The van der Waals surface area contributed by atoms with Crippen molar-refractivity contribution in [2.24, 2.45) is 0 Å². The molecule has 8 heteroatoms. The minimum Gasteiger partial charge on any atom is -0.322 e. The SMILES string of the molecule is CC(C)c1cccc(NC(=O)c2cn[nH]c2S(=O)(=O)Nc2ccccc2)c1. The average molecular weight is 384 g/mol. The average Bonchev–Trinajstić information content (AvgIpc) is 3.13. The van der Waals surface area contributed by atoms with Crippen LogP contribution in [0.15, 0.2) is 65.8 Å². The van der Waals surface area contributed by atoms with Gasteiger partial charge in [-0.3, -0.25) is 14.6 Å². The fourth-order valence-corrected chi connectivity index (χ4v) is 3.68. The molecule has 3 aromatic rings. The lowest BCUT2D eigenvalue weighted by molar-refractivity contribution is 0.102. The maximum atomic E-state index is 12.6. The van der Waals surface area contributed by atoms with Crippen LogP contribution in [0, 0.1) is 0 Å². The van der Waals surface area contributed by atoms with Gasteiger partial charge in [-0.1, -0.05) is 44.2 Å². The Morgan fingerprint density at radius 1 is 1.04 bits per heavy atom. The molecule has 140 valence electrons. The van der Waals surface area contributed by atoms with Crippen LogP contribution < -0.4 is 10.0 Å². The molecule has 2 aromatic carbocycles. The summed E-state index contributed by atoms with van der Waals surface area (Å²) in [6.07, 6.45) is 1.20. The molecule has 0 fully saturated rings. The fraction of sp³-hybridized carbons (Fsp3) is 0.158. The van der Waals surface area contributed by atoms with Crippen molar-refractivity contribution in [3.8, 4) is 0 Å². The lowest BCUT2D eigenvalue weighted by Crippen LogP contribution is -2.19. The summed E-state index contributed by atoms with van der Waals surface area (Å²) in [6.45, 7) is 4.11. The van der Waals surface area contributed by atoms with E-state index in [0.29, 0.717) is 17.3 Å². The number of rotatable bonds is 6. The highest BCUT2D eigenvalue weighted by atomic mass is 32.2. The first-order valence-corrected chi connectivity index (χ1v) is 9.87. The first-order chi connectivity index (χ1) is 12.9. The predicted octanol–water partition coefficient (Wildman–Crippen LogP) is 3.59. The summed E-state index contributed by atoms with van der Waals surface area (Å²) in [5.41, 5.74) is 1.99. The molecule has 0 unspecified atom stereocenters. The molecule has 0 saturated carbocycles. The van der Waals surface area contributed by atoms with Crippen LogP contribution in [0.1, 0.15) is 35.7 Å². The van der Waals surface area contributed by atoms with E-state index >= 15 is 0 Å². The van der Waals surface area contributed by atoms with Crippen molar-refractivity contribution in [3.05, 3.63) is 71.9 Å². The van der Waals surface area contributed by atoms with Crippen molar-refractivity contribution in [1.29, 1.82) is 0 Å². The van der Waals surface area contributed by atoms with Crippen LogP contribution in [0.2, 0.25) is 0 Å². The monoisotopic (exact) mass is 384 g/mol. The first kappa shape index (κ1) is 18.7. The van der Waals surface area contributed by atoms with Gasteiger partial charge in [0.15, 0.2) is 5.03 Å². The molecule has 0 aliphatic carbocycles. The van der Waals surface area contributed by atoms with Gasteiger partial charge >= 0.3 is 0 Å². The third-order valence-corrected chi connectivity index (χ3v) is 5.31. The van der Waals surface area contributed by atoms with Gasteiger partial charge in [-0.25, -0.2) is 0 Å². The van der Waals surface area contributed by atoms with E-state index < -0.39 is 15.9 Å². The fourth-order valence-electron chi connectivity index (χ4n) is 2.53. The van der Waals surface area contributed by atoms with Crippen molar-refractivity contribution >= 4 is 27.3 Å². The summed E-state index contributed by atoms with van der Waals surface area (Å²) < 4.78 is 27.7. The lowest BCUT2D eigenvalue weighted by atomic mass is 10.0. The highest BCUT2D eigenvalue weighted by molar-refractivity contribution is 7.92. The van der Waals surface area contributed by atoms with Crippen LogP contribution in [0.5, 0.6) is 0 Å². The Kier molecular flexibility index (Phi) is 5.27. The zero-order chi connectivity index (χ0) is 19.4. The van der Waals surface area contributed by atoms with Gasteiger partial charge in [-0.05, 0) is 35.7 Å². The van der Waals surface area contributed by atoms with Gasteiger partial charge in [-0.15, -0.1) is 0 Å². The molecule has 0 aliphatic heterocycles. The molecule has 3 N–H and O–H groups in total. The molecule has 7 nitrogen and oxygen atoms in total. The molecule has 3 rings (SSSR count). The third-order valence-electron chi connectivity index (χ3n) is 3.95. The third kappa shape index (κ3) is 4.35. The highest BCUT2D eigenvalue weighted by Crippen LogP contribution is 2.21. The Labute approximate surface area is 157 Å². The molecule has 27 heavy (non-hydrogen) atoms. The molecule has 0 atom stereocenters. The van der Waals surface area contributed by atoms with Gasteiger partial charge in [0.1, 0.15) is 0 Å². The molecule has 0 saturated heterocycles. The summed E-state index contributed by atoms with van der Waals surface area (Å²) in [4.78, 5) is 12.6. The van der Waals surface area contributed by atoms with E-state index in [4.69, 9.17) is 0 Å². The predicted molar refractivity (Wildman–Crippen MR) is 104 cm³/mol. The lowest BCUT2D eigenvalue weighted by Gasteiger charge is -2.10. The zero-order valence-electron chi connectivity index (χ0n) is 14.9. The maximum Gasteiger partial charge on any atom is 0.279 e. The smallest absolute Gasteiger partial charge is 0.279 e. The molecule has 1 heterocycles. The number of nitrogens with one attached hydrogen (secondary N) is 3. The Morgan fingerprint density at radius 2 is 1.74 bits per heavy atom. The van der Waals surface area contributed by atoms with Crippen molar-refractivity contribution in [2.75, 3.05) is 10.0 Å². The number of hydrogen-bond donors (Lipinski definition) is 3. The van der Waals surface area contributed by atoms with Crippen molar-refractivity contribution < 1.29 is 13.2 Å². The second kappa shape index (κ2) is 7.63. The van der Waals surface area contributed by atoms with E-state index in [-0.39, 0.29) is 10.6 Å². The number of aromatic nitrogens is 2. The number of para-hydroxylation sites is 1. The number of benzene rings is 2. The molecular formula is C19H20N4O3S. The second-order valence-corrected chi connectivity index (χ2v) is 7.94. The summed E-state index contributed by atoms with van der Waals surface area (Å²) in [7, 11) is -3.99. The Bertz CT molecular complexity index is 1040. The van der Waals surface area contributed by atoms with Crippen LogP contribution >= 0.6 is 0 Å². The van der Waals surface area contributed by atoms with Crippen LogP contribution in [0.4, 0.5) is 11.4 Å². The molecule has 0 radical (unpaired) electrons. The number of nitrogens with zero attached hydrogens (tertiary/aromatic N) is 1. The van der Waals surface area contributed by atoms with Crippen LogP contribution in [-0.2, 0) is 10.0 Å². The topological polar surface area (TPSA) is 104 Å². The normalized spacial score (nSPS) is 11.4. The highest BCUT2D eigenvalue weighted by Gasteiger charge is 2.25. The summed E-state index contributed by atoms with van der Waals surface area (Å²) in [5, 5.41) is 8.57. The number of carbonyl (C=O) groups excluding carboxylic acids is 1. The van der Waals surface area contributed by atoms with Crippen LogP contribution in [0.3, 0.4) is 0 Å². The molecular weight excluding hydrogens is 364 g/mol. The summed E-state index contributed by atoms with van der Waals surface area (Å²) in [5.74, 6) is -0.250. The second-order valence-electron chi connectivity index (χ2n) is 6.32. The molecule has 1 aromatic heterocycles. The maximum absolute atomic E-state index is 12.6. The van der Waals surface area contributed by atoms with E-state index in [0.717, 1.165) is 5.56 Å². The van der Waals surface area contributed by atoms with Crippen molar-refractivity contribution in [2.45, 2.75) is 24.8 Å². The number of hydrogen-bond acceptors (Lipinski definition) is 4. The van der Waals surface area contributed by atoms with Crippen LogP contribution in [-0.4, -0.2) is 24.5 Å². The van der Waals surface area contributed by atoms with Gasteiger partial charge in [0.2, 0.25) is 0 Å².